The zero-order valence-electron chi connectivity index (χ0n) is 16.0. The van der Waals surface area contributed by atoms with Crippen molar-refractivity contribution in [3.05, 3.63) is 42.0 Å². The first-order chi connectivity index (χ1) is 12.7. The third-order valence-electron chi connectivity index (χ3n) is 3.96. The van der Waals surface area contributed by atoms with Crippen LogP contribution in [0.25, 0.3) is 22.4 Å². The minimum Gasteiger partial charge on any atom is -0.494 e. The van der Waals surface area contributed by atoms with Crippen molar-refractivity contribution >= 4 is 17.1 Å². The summed E-state index contributed by atoms with van der Waals surface area (Å²) >= 11 is 0. The van der Waals surface area contributed by atoms with Gasteiger partial charge in [-0.25, -0.2) is 23.7 Å². The summed E-state index contributed by atoms with van der Waals surface area (Å²) in [6, 6.07) is 6.32. The van der Waals surface area contributed by atoms with Crippen LogP contribution in [0.15, 0.2) is 30.5 Å². The number of benzene rings is 1. The van der Waals surface area contributed by atoms with Crippen molar-refractivity contribution < 1.29 is 18.7 Å². The van der Waals surface area contributed by atoms with Gasteiger partial charge in [0.15, 0.2) is 23.0 Å². The molecule has 2 aromatic heterocycles. The summed E-state index contributed by atoms with van der Waals surface area (Å²) in [5.41, 5.74) is 1.08. The molecule has 0 amide bonds. The van der Waals surface area contributed by atoms with E-state index in [4.69, 9.17) is 9.47 Å². The second-order valence-electron chi connectivity index (χ2n) is 7.10. The topological polar surface area (TPSA) is 66.2 Å². The first kappa shape index (κ1) is 18.8. The van der Waals surface area contributed by atoms with Crippen molar-refractivity contribution in [1.29, 1.82) is 0 Å². The van der Waals surface area contributed by atoms with Crippen LogP contribution in [0.1, 0.15) is 33.4 Å². The smallest absolute Gasteiger partial charge is 0.420 e. The predicted octanol–water partition coefficient (Wildman–Crippen LogP) is 4.59. The van der Waals surface area contributed by atoms with Gasteiger partial charge in [-0.3, -0.25) is 0 Å². The summed E-state index contributed by atoms with van der Waals surface area (Å²) in [6.45, 7) is 7.36. The van der Waals surface area contributed by atoms with Gasteiger partial charge in [-0.2, -0.15) is 0 Å². The van der Waals surface area contributed by atoms with Gasteiger partial charge in [0.05, 0.1) is 12.8 Å². The van der Waals surface area contributed by atoms with E-state index in [0.29, 0.717) is 23.5 Å². The summed E-state index contributed by atoms with van der Waals surface area (Å²) in [7, 11) is 1.41. The van der Waals surface area contributed by atoms with E-state index in [0.717, 1.165) is 11.1 Å². The zero-order chi connectivity index (χ0) is 19.8. The third kappa shape index (κ3) is 3.77. The fraction of sp³-hybridized carbons (Fsp3) is 0.350. The average molecular weight is 371 g/mol. The van der Waals surface area contributed by atoms with E-state index in [1.165, 1.54) is 23.8 Å². The molecular formula is C20H22FN3O3. The molecule has 0 aliphatic rings. The third-order valence-corrected chi connectivity index (χ3v) is 3.96. The Morgan fingerprint density at radius 1 is 1.22 bits per heavy atom. The highest BCUT2D eigenvalue weighted by molar-refractivity contribution is 5.89. The number of hydrogen-bond acceptors (Lipinski definition) is 5. The lowest BCUT2D eigenvalue weighted by Gasteiger charge is -2.19. The monoisotopic (exact) mass is 371 g/mol. The summed E-state index contributed by atoms with van der Waals surface area (Å²) in [5, 5.41) is 0.765. The van der Waals surface area contributed by atoms with Gasteiger partial charge in [0.2, 0.25) is 0 Å². The van der Waals surface area contributed by atoms with Gasteiger partial charge < -0.3 is 9.47 Å². The van der Waals surface area contributed by atoms with Crippen molar-refractivity contribution in [2.45, 2.75) is 39.7 Å². The molecule has 0 bridgehead atoms. The standard InChI is InChI=1S/C20H22FN3O3/c1-6-15-13-9-10-24(19(25)27-20(2,3)4)18(13)23-17(22-15)12-7-8-16(26-5)14(21)11-12/h7-11H,6H2,1-5H3. The van der Waals surface area contributed by atoms with E-state index in [9.17, 15) is 9.18 Å². The Kier molecular flexibility index (Phi) is 4.87. The fourth-order valence-corrected chi connectivity index (χ4v) is 2.74. The number of methoxy groups -OCH3 is 1. The fourth-order valence-electron chi connectivity index (χ4n) is 2.74. The van der Waals surface area contributed by atoms with E-state index >= 15 is 0 Å². The largest absolute Gasteiger partial charge is 0.494 e. The molecule has 27 heavy (non-hydrogen) atoms. The number of nitrogens with zero attached hydrogens (tertiary/aromatic N) is 3. The SMILES string of the molecule is CCc1nc(-c2ccc(OC)c(F)c2)nc2c1ccn2C(=O)OC(C)(C)C. The van der Waals surface area contributed by atoms with Crippen LogP contribution in [0.3, 0.4) is 0 Å². The van der Waals surface area contributed by atoms with Crippen molar-refractivity contribution in [1.82, 2.24) is 14.5 Å². The molecule has 1 aromatic carbocycles. The number of carbonyl (C=O) groups excluding carboxylic acids is 1. The normalized spacial score (nSPS) is 11.6. The average Bonchev–Trinajstić information content (AvgIpc) is 3.03. The number of aryl methyl sites for hydroxylation is 1. The summed E-state index contributed by atoms with van der Waals surface area (Å²) in [4.78, 5) is 21.6. The lowest BCUT2D eigenvalue weighted by molar-refractivity contribution is 0.0543. The van der Waals surface area contributed by atoms with E-state index in [-0.39, 0.29) is 5.75 Å². The van der Waals surface area contributed by atoms with E-state index in [1.807, 2.05) is 6.92 Å². The molecule has 6 nitrogen and oxygen atoms in total. The quantitative estimate of drug-likeness (QED) is 0.674. The van der Waals surface area contributed by atoms with Crippen LogP contribution >= 0.6 is 0 Å². The first-order valence-electron chi connectivity index (χ1n) is 8.68. The maximum absolute atomic E-state index is 14.1. The maximum atomic E-state index is 14.1. The van der Waals surface area contributed by atoms with Crippen LogP contribution in [-0.4, -0.2) is 33.3 Å². The summed E-state index contributed by atoms with van der Waals surface area (Å²) < 4.78 is 25.9. The van der Waals surface area contributed by atoms with Crippen LogP contribution in [0, 0.1) is 5.82 Å². The van der Waals surface area contributed by atoms with Crippen molar-refractivity contribution in [3.8, 4) is 17.1 Å². The van der Waals surface area contributed by atoms with Gasteiger partial charge in [0, 0.05) is 17.1 Å². The van der Waals surface area contributed by atoms with Gasteiger partial charge in [0.25, 0.3) is 0 Å². The molecule has 0 atom stereocenters. The van der Waals surface area contributed by atoms with Crippen LogP contribution < -0.4 is 4.74 Å². The molecule has 0 saturated carbocycles. The predicted molar refractivity (Wildman–Crippen MR) is 100 cm³/mol. The van der Waals surface area contributed by atoms with E-state index < -0.39 is 17.5 Å². The van der Waals surface area contributed by atoms with Gasteiger partial charge in [-0.15, -0.1) is 0 Å². The molecule has 0 unspecified atom stereocenters. The highest BCUT2D eigenvalue weighted by atomic mass is 19.1. The Labute approximate surface area is 157 Å². The number of rotatable bonds is 3. The Morgan fingerprint density at radius 2 is 1.96 bits per heavy atom. The van der Waals surface area contributed by atoms with E-state index in [1.54, 1.807) is 39.1 Å². The Morgan fingerprint density at radius 3 is 2.56 bits per heavy atom. The highest BCUT2D eigenvalue weighted by Gasteiger charge is 2.21. The van der Waals surface area contributed by atoms with Crippen LogP contribution in [-0.2, 0) is 11.2 Å². The number of hydrogen-bond donors (Lipinski definition) is 0. The molecule has 0 fully saturated rings. The number of halogens is 1. The molecule has 0 aliphatic heterocycles. The Hall–Kier alpha value is -2.96. The minimum absolute atomic E-state index is 0.146. The molecule has 0 spiro atoms. The van der Waals surface area contributed by atoms with Crippen molar-refractivity contribution in [2.75, 3.05) is 7.11 Å². The Balaban J connectivity index is 2.14. The number of carbonyl (C=O) groups is 1. The first-order valence-corrected chi connectivity index (χ1v) is 8.68. The molecule has 0 aliphatic carbocycles. The zero-order valence-corrected chi connectivity index (χ0v) is 16.0. The van der Waals surface area contributed by atoms with Gasteiger partial charge in [-0.1, -0.05) is 6.92 Å². The summed E-state index contributed by atoms with van der Waals surface area (Å²) in [6.07, 6.45) is 1.73. The lowest BCUT2D eigenvalue weighted by atomic mass is 10.1. The van der Waals surface area contributed by atoms with Crippen molar-refractivity contribution in [2.24, 2.45) is 0 Å². The van der Waals surface area contributed by atoms with Crippen molar-refractivity contribution in [3.63, 3.8) is 0 Å². The summed E-state index contributed by atoms with van der Waals surface area (Å²) in [5.74, 6) is -0.0173. The molecule has 7 heteroatoms. The van der Waals surface area contributed by atoms with Gasteiger partial charge >= 0.3 is 6.09 Å². The molecular weight excluding hydrogens is 349 g/mol. The van der Waals surface area contributed by atoms with Gasteiger partial charge in [-0.05, 0) is 51.5 Å². The molecule has 3 aromatic rings. The molecule has 2 heterocycles. The highest BCUT2D eigenvalue weighted by Crippen LogP contribution is 2.27. The second-order valence-corrected chi connectivity index (χ2v) is 7.10. The molecule has 3 rings (SSSR count). The van der Waals surface area contributed by atoms with Crippen LogP contribution in [0.4, 0.5) is 9.18 Å². The minimum atomic E-state index is -0.629. The van der Waals surface area contributed by atoms with E-state index in [2.05, 4.69) is 9.97 Å². The molecule has 0 saturated heterocycles. The second kappa shape index (κ2) is 6.98. The number of aromatic nitrogens is 3. The maximum Gasteiger partial charge on any atom is 0.420 e. The van der Waals surface area contributed by atoms with Crippen LogP contribution in [0.2, 0.25) is 0 Å². The van der Waals surface area contributed by atoms with Gasteiger partial charge in [0.1, 0.15) is 5.60 Å². The molecule has 0 N–H and O–H groups in total. The number of fused-ring (bicyclic) bond motifs is 1. The van der Waals surface area contributed by atoms with Crippen LogP contribution in [0.5, 0.6) is 5.75 Å². The lowest BCUT2D eigenvalue weighted by Crippen LogP contribution is -2.27. The number of ether oxygens (including phenoxy) is 2. The molecule has 0 radical (unpaired) electrons. The Bertz CT molecular complexity index is 1010. The molecule has 142 valence electrons.